The molecule has 0 aliphatic carbocycles. The average Bonchev–Trinajstić information content (AvgIpc) is 2.61. The molecule has 8 heteroatoms. The van der Waals surface area contributed by atoms with Crippen molar-refractivity contribution in [1.82, 2.24) is 4.98 Å². The molecule has 0 aliphatic heterocycles. The fourth-order valence-electron chi connectivity index (χ4n) is 0.982. The van der Waals surface area contributed by atoms with Gasteiger partial charge in [0.1, 0.15) is 5.60 Å². The molecule has 0 fully saturated rings. The van der Waals surface area contributed by atoms with E-state index in [2.05, 4.69) is 10.3 Å². The number of carbonyl (C=O) groups excluding carboxylic acids is 1. The number of amides is 1. The Morgan fingerprint density at radius 1 is 1.40 bits per heavy atom. The van der Waals surface area contributed by atoms with E-state index in [4.69, 9.17) is 19.7 Å². The van der Waals surface area contributed by atoms with Gasteiger partial charge in [0.25, 0.3) is 0 Å². The second-order valence-electron chi connectivity index (χ2n) is 4.49. The van der Waals surface area contributed by atoms with Crippen LogP contribution in [0, 0.1) is 0 Å². The summed E-state index contributed by atoms with van der Waals surface area (Å²) in [5.41, 5.74) is 0.339. The summed E-state index contributed by atoms with van der Waals surface area (Å²) in [5.74, 6) is 0. The van der Waals surface area contributed by atoms with E-state index >= 15 is 0 Å². The highest BCUT2D eigenvalue weighted by molar-refractivity contribution is 7.14. The molecule has 1 heterocycles. The van der Waals surface area contributed by atoms with Crippen molar-refractivity contribution in [2.75, 3.05) is 5.32 Å². The van der Waals surface area contributed by atoms with Crippen molar-refractivity contribution >= 4 is 34.8 Å². The van der Waals surface area contributed by atoms with E-state index in [-0.39, 0.29) is 0 Å². The maximum Gasteiger partial charge on any atom is 0.503 e. The molecule has 0 radical (unpaired) electrons. The number of rotatable bonds is 2. The van der Waals surface area contributed by atoms with E-state index < -0.39 is 17.8 Å². The summed E-state index contributed by atoms with van der Waals surface area (Å²) in [5, 5.41) is 18.9. The van der Waals surface area contributed by atoms with Crippen LogP contribution in [0.2, 0.25) is 0 Å². The molecule has 0 unspecified atom stereocenters. The smallest absolute Gasteiger partial charge is 0.450 e. The molecule has 0 bridgehead atoms. The van der Waals surface area contributed by atoms with E-state index in [9.17, 15) is 4.79 Å². The van der Waals surface area contributed by atoms with Gasteiger partial charge in [-0.15, -0.1) is 11.3 Å². The van der Waals surface area contributed by atoms with Crippen LogP contribution >= 0.6 is 11.3 Å². The summed E-state index contributed by atoms with van der Waals surface area (Å²) >= 11 is 1.37. The van der Waals surface area contributed by atoms with Crippen molar-refractivity contribution < 1.29 is 24.5 Å². The summed E-state index contributed by atoms with van der Waals surface area (Å²) < 4.78 is 5.11. The van der Waals surface area contributed by atoms with Gasteiger partial charge in [-0.3, -0.25) is 5.32 Å². The van der Waals surface area contributed by atoms with Crippen molar-refractivity contribution in [3.8, 4) is 0 Å². The molecule has 3 N–H and O–H groups in total. The number of ether oxygens (including phenoxy) is 1. The fraction of sp³-hybridized carbons (Fsp3) is 0.417. The monoisotopic (exact) mass is 302 g/mol. The van der Waals surface area contributed by atoms with Crippen LogP contribution in [-0.2, 0) is 4.74 Å². The minimum atomic E-state index is -1.83. The van der Waals surface area contributed by atoms with Crippen LogP contribution in [-0.4, -0.2) is 33.0 Å². The van der Waals surface area contributed by atoms with Crippen molar-refractivity contribution in [3.05, 3.63) is 17.2 Å². The molecule has 0 saturated carbocycles. The minimum Gasteiger partial charge on any atom is -0.450 e. The lowest BCUT2D eigenvalue weighted by Crippen LogP contribution is -2.27. The summed E-state index contributed by atoms with van der Waals surface area (Å²) in [4.78, 5) is 24.2. The second-order valence-corrected chi connectivity index (χ2v) is 5.35. The molecule has 0 saturated heterocycles. The van der Waals surface area contributed by atoms with Gasteiger partial charge in [0.15, 0.2) is 5.13 Å². The first-order valence-corrected chi connectivity index (χ1v) is 6.52. The van der Waals surface area contributed by atoms with Crippen molar-refractivity contribution in [2.24, 2.45) is 0 Å². The lowest BCUT2D eigenvalue weighted by atomic mass is 10.2. The van der Waals surface area contributed by atoms with Gasteiger partial charge in [0, 0.05) is 5.38 Å². The zero-order valence-corrected chi connectivity index (χ0v) is 12.5. The zero-order chi connectivity index (χ0) is 15.8. The number of aromatic nitrogens is 1. The molecule has 0 aromatic carbocycles. The van der Waals surface area contributed by atoms with Crippen molar-refractivity contribution in [2.45, 2.75) is 33.3 Å². The van der Waals surface area contributed by atoms with Crippen LogP contribution in [0.15, 0.2) is 11.5 Å². The molecule has 1 aromatic rings. The Kier molecular flexibility index (Phi) is 7.30. The largest absolute Gasteiger partial charge is 0.503 e. The third-order valence-corrected chi connectivity index (χ3v) is 2.24. The molecular formula is C12H18N2O5S. The topological polar surface area (TPSA) is 109 Å². The van der Waals surface area contributed by atoms with Gasteiger partial charge in [-0.25, -0.2) is 14.6 Å². The van der Waals surface area contributed by atoms with Crippen molar-refractivity contribution in [1.29, 1.82) is 0 Å². The van der Waals surface area contributed by atoms with Gasteiger partial charge in [-0.2, -0.15) is 0 Å². The van der Waals surface area contributed by atoms with Gasteiger partial charge in [0.05, 0.1) is 5.69 Å². The van der Waals surface area contributed by atoms with E-state index in [1.54, 1.807) is 0 Å². The molecule has 0 atom stereocenters. The lowest BCUT2D eigenvalue weighted by Gasteiger charge is -2.18. The van der Waals surface area contributed by atoms with Gasteiger partial charge in [0.2, 0.25) is 0 Å². The first-order chi connectivity index (χ1) is 9.14. The summed E-state index contributed by atoms with van der Waals surface area (Å²) in [6, 6.07) is 0. The Balaban J connectivity index is 0.000000796. The molecule has 1 amide bonds. The average molecular weight is 302 g/mol. The first-order valence-electron chi connectivity index (χ1n) is 5.64. The van der Waals surface area contributed by atoms with E-state index in [0.29, 0.717) is 5.13 Å². The summed E-state index contributed by atoms with van der Waals surface area (Å²) in [6.07, 6.45) is 1.46. The highest BCUT2D eigenvalue weighted by atomic mass is 32.1. The lowest BCUT2D eigenvalue weighted by molar-refractivity contribution is 0.0635. The molecule has 7 nitrogen and oxygen atoms in total. The van der Waals surface area contributed by atoms with Crippen LogP contribution in [0.4, 0.5) is 14.7 Å². The minimum absolute atomic E-state index is 0.478. The normalized spacial score (nSPS) is 10.6. The fourth-order valence-corrected chi connectivity index (χ4v) is 1.65. The number of allylic oxidation sites excluding steroid dienone is 1. The van der Waals surface area contributed by atoms with Gasteiger partial charge in [-0.1, -0.05) is 6.08 Å². The number of nitrogens with one attached hydrogen (secondary N) is 1. The highest BCUT2D eigenvalue weighted by Gasteiger charge is 2.16. The van der Waals surface area contributed by atoms with E-state index in [1.807, 2.05) is 45.2 Å². The van der Waals surface area contributed by atoms with E-state index in [1.165, 1.54) is 11.3 Å². The Labute approximate surface area is 120 Å². The SMILES string of the molecule is C/C=C/c1csc(NC(=O)OC(C)(C)C)n1.O=C(O)O. The quantitative estimate of drug-likeness (QED) is 0.767. The number of carbonyl (C=O) groups is 2. The Morgan fingerprint density at radius 2 is 1.95 bits per heavy atom. The predicted octanol–water partition coefficient (Wildman–Crippen LogP) is 3.75. The van der Waals surface area contributed by atoms with E-state index in [0.717, 1.165) is 5.69 Å². The second kappa shape index (κ2) is 8.16. The number of carboxylic acid groups (broad SMARTS) is 2. The number of thiazole rings is 1. The number of hydrogen-bond donors (Lipinski definition) is 3. The van der Waals surface area contributed by atoms with Crippen LogP contribution in [0.3, 0.4) is 0 Å². The third-order valence-electron chi connectivity index (χ3n) is 1.47. The Hall–Kier alpha value is -2.09. The van der Waals surface area contributed by atoms with Crippen LogP contribution in [0.25, 0.3) is 6.08 Å². The molecule has 0 aliphatic rings. The van der Waals surface area contributed by atoms with Gasteiger partial charge >= 0.3 is 12.2 Å². The van der Waals surface area contributed by atoms with Gasteiger partial charge < -0.3 is 14.9 Å². The van der Waals surface area contributed by atoms with Crippen LogP contribution < -0.4 is 5.32 Å². The maximum atomic E-state index is 11.4. The molecular weight excluding hydrogens is 284 g/mol. The molecule has 20 heavy (non-hydrogen) atoms. The molecule has 1 rings (SSSR count). The summed E-state index contributed by atoms with van der Waals surface area (Å²) in [7, 11) is 0. The maximum absolute atomic E-state index is 11.4. The molecule has 112 valence electrons. The third kappa shape index (κ3) is 9.89. The zero-order valence-electron chi connectivity index (χ0n) is 11.7. The van der Waals surface area contributed by atoms with Crippen molar-refractivity contribution in [3.63, 3.8) is 0 Å². The Bertz CT molecular complexity index is 472. The highest BCUT2D eigenvalue weighted by Crippen LogP contribution is 2.17. The molecule has 0 spiro atoms. The first kappa shape index (κ1) is 17.9. The number of hydrogen-bond acceptors (Lipinski definition) is 5. The number of nitrogens with zero attached hydrogens (tertiary/aromatic N) is 1. The predicted molar refractivity (Wildman–Crippen MR) is 77.3 cm³/mol. The van der Waals surface area contributed by atoms with Crippen LogP contribution in [0.1, 0.15) is 33.4 Å². The van der Waals surface area contributed by atoms with Gasteiger partial charge in [-0.05, 0) is 33.8 Å². The Morgan fingerprint density at radius 3 is 2.40 bits per heavy atom. The number of anilines is 1. The van der Waals surface area contributed by atoms with Crippen LogP contribution in [0.5, 0.6) is 0 Å². The molecule has 1 aromatic heterocycles. The standard InChI is InChI=1S/C11H16N2O2S.CH2O3/c1-5-6-8-7-16-9(12-8)13-10(14)15-11(2,3)4;2-1(3)4/h5-7H,1-4H3,(H,12,13,14);(H2,2,3,4)/b6-5+;. The summed E-state index contributed by atoms with van der Waals surface area (Å²) in [6.45, 7) is 7.37.